The van der Waals surface area contributed by atoms with Crippen LogP contribution in [0.15, 0.2) is 23.1 Å². The van der Waals surface area contributed by atoms with Crippen LogP contribution in [0.5, 0.6) is 0 Å². The third kappa shape index (κ3) is 2.89. The van der Waals surface area contributed by atoms with E-state index in [1.807, 2.05) is 13.8 Å². The van der Waals surface area contributed by atoms with Gasteiger partial charge in [-0.05, 0) is 12.5 Å². The van der Waals surface area contributed by atoms with Gasteiger partial charge in [-0.1, -0.05) is 19.9 Å². The van der Waals surface area contributed by atoms with Crippen LogP contribution in [0.3, 0.4) is 0 Å². The molecule has 0 unspecified atom stereocenters. The number of aromatic nitrogens is 1. The van der Waals surface area contributed by atoms with Gasteiger partial charge in [-0.2, -0.15) is 4.73 Å². The van der Waals surface area contributed by atoms with Gasteiger partial charge >= 0.3 is 0 Å². The van der Waals surface area contributed by atoms with E-state index in [-0.39, 0.29) is 0 Å². The Bertz CT molecular complexity index is 265. The number of aryl methyl sites for hydroxylation is 1. The van der Waals surface area contributed by atoms with Crippen molar-refractivity contribution < 1.29 is 5.21 Å². The minimum absolute atomic E-state index is 0.402. The molecule has 0 aliphatic carbocycles. The van der Waals surface area contributed by atoms with Crippen LogP contribution < -0.4 is 5.56 Å². The Labute approximate surface area is 65.9 Å². The molecule has 0 bridgehead atoms. The van der Waals surface area contributed by atoms with E-state index in [9.17, 15) is 4.79 Å². The van der Waals surface area contributed by atoms with E-state index >= 15 is 0 Å². The smallest absolute Gasteiger partial charge is 0.282 e. The van der Waals surface area contributed by atoms with Crippen molar-refractivity contribution in [1.29, 1.82) is 0 Å². The van der Waals surface area contributed by atoms with Gasteiger partial charge in [0.15, 0.2) is 0 Å². The summed E-state index contributed by atoms with van der Waals surface area (Å²) in [5, 5.41) is 8.70. The molecule has 0 spiro atoms. The summed E-state index contributed by atoms with van der Waals surface area (Å²) in [7, 11) is 0. The quantitative estimate of drug-likeness (QED) is 0.576. The van der Waals surface area contributed by atoms with E-state index in [0.29, 0.717) is 4.73 Å². The van der Waals surface area contributed by atoms with Gasteiger partial charge in [-0.15, -0.1) is 0 Å². The summed E-state index contributed by atoms with van der Waals surface area (Å²) >= 11 is 0. The fourth-order valence-corrected chi connectivity index (χ4v) is 0.579. The van der Waals surface area contributed by atoms with Crippen molar-refractivity contribution in [3.05, 3.63) is 34.2 Å². The molecule has 1 aromatic rings. The number of nitrogens with zero attached hydrogens (tertiary/aromatic N) is 1. The first-order valence-corrected chi connectivity index (χ1v) is 3.59. The molecule has 1 aromatic heterocycles. The Hall–Kier alpha value is -1.25. The molecule has 3 nitrogen and oxygen atoms in total. The highest BCUT2D eigenvalue weighted by Crippen LogP contribution is 1.87. The van der Waals surface area contributed by atoms with E-state index < -0.39 is 5.56 Å². The second kappa shape index (κ2) is 4.55. The standard InChI is InChI=1S/C6H7NO2.C2H6/c1-5-2-3-6(8)7(9)4-5;1-2/h2-4,9H,1H3;1-2H3. The number of rotatable bonds is 0. The third-order valence-corrected chi connectivity index (χ3v) is 1.04. The molecule has 0 atom stereocenters. The monoisotopic (exact) mass is 155 g/mol. The van der Waals surface area contributed by atoms with Gasteiger partial charge < -0.3 is 5.21 Å². The molecule has 11 heavy (non-hydrogen) atoms. The molecule has 1 rings (SSSR count). The number of hydrogen-bond acceptors (Lipinski definition) is 2. The second-order valence-electron chi connectivity index (χ2n) is 1.89. The van der Waals surface area contributed by atoms with Crippen molar-refractivity contribution >= 4 is 0 Å². The zero-order chi connectivity index (χ0) is 8.85. The summed E-state index contributed by atoms with van der Waals surface area (Å²) in [6.45, 7) is 5.80. The van der Waals surface area contributed by atoms with Crippen molar-refractivity contribution in [2.75, 3.05) is 0 Å². The van der Waals surface area contributed by atoms with Crippen molar-refractivity contribution in [3.8, 4) is 0 Å². The maximum atomic E-state index is 10.5. The lowest BCUT2D eigenvalue weighted by Crippen LogP contribution is -2.15. The first kappa shape index (κ1) is 9.75. The van der Waals surface area contributed by atoms with Crippen molar-refractivity contribution in [2.45, 2.75) is 20.8 Å². The molecule has 0 aromatic carbocycles. The third-order valence-electron chi connectivity index (χ3n) is 1.04. The lowest BCUT2D eigenvalue weighted by molar-refractivity contribution is 0.174. The van der Waals surface area contributed by atoms with Crippen LogP contribution in [0.1, 0.15) is 19.4 Å². The van der Waals surface area contributed by atoms with Gasteiger partial charge in [0.25, 0.3) is 5.56 Å². The SMILES string of the molecule is CC.Cc1ccc(=O)n(O)c1. The van der Waals surface area contributed by atoms with Gasteiger partial charge in [-0.25, -0.2) is 0 Å². The molecule has 3 heteroatoms. The summed E-state index contributed by atoms with van der Waals surface area (Å²) in [4.78, 5) is 10.5. The Morgan fingerprint density at radius 2 is 1.91 bits per heavy atom. The zero-order valence-electron chi connectivity index (χ0n) is 7.03. The summed E-state index contributed by atoms with van der Waals surface area (Å²) in [5.74, 6) is 0. The highest BCUT2D eigenvalue weighted by molar-refractivity contribution is 5.05. The molecular weight excluding hydrogens is 142 g/mol. The lowest BCUT2D eigenvalue weighted by Gasteiger charge is -1.93. The number of pyridine rings is 1. The lowest BCUT2D eigenvalue weighted by atomic mass is 10.3. The molecule has 0 saturated heterocycles. The summed E-state index contributed by atoms with van der Waals surface area (Å²) < 4.78 is 0.565. The molecule has 1 N–H and O–H groups in total. The fourth-order valence-electron chi connectivity index (χ4n) is 0.579. The molecular formula is C8H13NO2. The highest BCUT2D eigenvalue weighted by Gasteiger charge is 1.88. The van der Waals surface area contributed by atoms with Crippen LogP contribution in [-0.4, -0.2) is 9.94 Å². The van der Waals surface area contributed by atoms with Gasteiger partial charge in [0.05, 0.1) is 6.20 Å². The van der Waals surface area contributed by atoms with Gasteiger partial charge in [0.2, 0.25) is 0 Å². The zero-order valence-corrected chi connectivity index (χ0v) is 7.03. The first-order chi connectivity index (χ1) is 5.20. The number of hydrogen-bond donors (Lipinski definition) is 1. The molecule has 0 amide bonds. The Balaban J connectivity index is 0.000000461. The minimum Gasteiger partial charge on any atom is -0.425 e. The molecule has 0 aliphatic rings. The maximum absolute atomic E-state index is 10.5. The normalized spacial score (nSPS) is 8.27. The van der Waals surface area contributed by atoms with E-state index in [1.54, 1.807) is 13.0 Å². The molecule has 62 valence electrons. The average molecular weight is 155 g/mol. The topological polar surface area (TPSA) is 42.2 Å². The maximum Gasteiger partial charge on any atom is 0.282 e. The van der Waals surface area contributed by atoms with Crippen molar-refractivity contribution in [2.24, 2.45) is 0 Å². The predicted octanol–water partition coefficient (Wildman–Crippen LogP) is 1.42. The second-order valence-corrected chi connectivity index (χ2v) is 1.89. The van der Waals surface area contributed by atoms with E-state index in [1.165, 1.54) is 12.3 Å². The van der Waals surface area contributed by atoms with Crippen molar-refractivity contribution in [3.63, 3.8) is 0 Å². The summed E-state index contributed by atoms with van der Waals surface area (Å²) in [6.07, 6.45) is 1.36. The van der Waals surface area contributed by atoms with Crippen LogP contribution >= 0.6 is 0 Å². The Morgan fingerprint density at radius 1 is 1.36 bits per heavy atom. The van der Waals surface area contributed by atoms with E-state index in [2.05, 4.69) is 0 Å². The molecule has 0 aliphatic heterocycles. The highest BCUT2D eigenvalue weighted by atomic mass is 16.5. The van der Waals surface area contributed by atoms with Crippen LogP contribution in [0.2, 0.25) is 0 Å². The molecule has 1 heterocycles. The molecule has 0 radical (unpaired) electrons. The minimum atomic E-state index is -0.402. The van der Waals surface area contributed by atoms with E-state index in [0.717, 1.165) is 5.56 Å². The molecule has 0 fully saturated rings. The van der Waals surface area contributed by atoms with Crippen molar-refractivity contribution in [1.82, 2.24) is 4.73 Å². The average Bonchev–Trinajstić information content (AvgIpc) is 2.02. The van der Waals surface area contributed by atoms with Crippen LogP contribution in [0.25, 0.3) is 0 Å². The fraction of sp³-hybridized carbons (Fsp3) is 0.375. The molecule has 0 saturated carbocycles. The summed E-state index contributed by atoms with van der Waals surface area (Å²) in [6, 6.07) is 2.96. The summed E-state index contributed by atoms with van der Waals surface area (Å²) in [5.41, 5.74) is 0.456. The largest absolute Gasteiger partial charge is 0.425 e. The van der Waals surface area contributed by atoms with Crippen LogP contribution in [-0.2, 0) is 0 Å². The van der Waals surface area contributed by atoms with Crippen LogP contribution in [0.4, 0.5) is 0 Å². The van der Waals surface area contributed by atoms with E-state index in [4.69, 9.17) is 5.21 Å². The van der Waals surface area contributed by atoms with Gasteiger partial charge in [0, 0.05) is 6.07 Å². The predicted molar refractivity (Wildman–Crippen MR) is 44.0 cm³/mol. The first-order valence-electron chi connectivity index (χ1n) is 3.59. The van der Waals surface area contributed by atoms with Crippen LogP contribution in [0, 0.1) is 6.92 Å². The van der Waals surface area contributed by atoms with Gasteiger partial charge in [-0.3, -0.25) is 4.79 Å². The van der Waals surface area contributed by atoms with Gasteiger partial charge in [0.1, 0.15) is 0 Å². The Morgan fingerprint density at radius 3 is 2.27 bits per heavy atom. The Kier molecular flexibility index (Phi) is 4.03.